The standard InChI is InChI=1S/C19H15F2N5O2/c1-11(27)24-13-2-4-14(5-3-13)25-18(28)12-9-22-19(23-10-12)26-15-6-7-16(20)17(21)8-15/h2-10H,1H3,(H,24,27)(H,25,28)(H,22,23,26). The van der Waals surface area contributed by atoms with Crippen LogP contribution in [-0.4, -0.2) is 21.8 Å². The first kappa shape index (κ1) is 18.9. The van der Waals surface area contributed by atoms with Crippen molar-refractivity contribution < 1.29 is 18.4 Å². The molecular formula is C19H15F2N5O2. The maximum absolute atomic E-state index is 13.2. The van der Waals surface area contributed by atoms with Gasteiger partial charge in [-0.1, -0.05) is 0 Å². The van der Waals surface area contributed by atoms with Crippen LogP contribution in [0.15, 0.2) is 54.9 Å². The third kappa shape index (κ3) is 4.85. The van der Waals surface area contributed by atoms with Gasteiger partial charge in [-0.05, 0) is 36.4 Å². The zero-order valence-corrected chi connectivity index (χ0v) is 14.7. The van der Waals surface area contributed by atoms with Crippen LogP contribution in [0, 0.1) is 11.6 Å². The maximum Gasteiger partial charge on any atom is 0.258 e. The predicted octanol–water partition coefficient (Wildman–Crippen LogP) is 3.71. The number of halogens is 2. The van der Waals surface area contributed by atoms with Gasteiger partial charge in [0.2, 0.25) is 11.9 Å². The van der Waals surface area contributed by atoms with Crippen LogP contribution >= 0.6 is 0 Å². The van der Waals surface area contributed by atoms with Gasteiger partial charge in [0.25, 0.3) is 5.91 Å². The molecule has 0 unspecified atom stereocenters. The Morgan fingerprint density at radius 2 is 1.39 bits per heavy atom. The topological polar surface area (TPSA) is 96.0 Å². The summed E-state index contributed by atoms with van der Waals surface area (Å²) < 4.78 is 26.2. The van der Waals surface area contributed by atoms with Gasteiger partial charge in [0.1, 0.15) is 0 Å². The number of hydrogen-bond acceptors (Lipinski definition) is 5. The highest BCUT2D eigenvalue weighted by atomic mass is 19.2. The summed E-state index contributed by atoms with van der Waals surface area (Å²) >= 11 is 0. The van der Waals surface area contributed by atoms with E-state index in [0.717, 1.165) is 12.1 Å². The SMILES string of the molecule is CC(=O)Nc1ccc(NC(=O)c2cnc(Nc3ccc(F)c(F)c3)nc2)cc1. The summed E-state index contributed by atoms with van der Waals surface area (Å²) in [4.78, 5) is 31.2. The molecule has 0 atom stereocenters. The van der Waals surface area contributed by atoms with Crippen LogP contribution in [0.5, 0.6) is 0 Å². The summed E-state index contributed by atoms with van der Waals surface area (Å²) in [6.07, 6.45) is 2.60. The van der Waals surface area contributed by atoms with E-state index in [4.69, 9.17) is 0 Å². The Bertz CT molecular complexity index is 1010. The van der Waals surface area contributed by atoms with Crippen molar-refractivity contribution in [3.63, 3.8) is 0 Å². The molecule has 0 aliphatic carbocycles. The zero-order valence-electron chi connectivity index (χ0n) is 14.7. The predicted molar refractivity (Wildman–Crippen MR) is 100 cm³/mol. The van der Waals surface area contributed by atoms with Crippen molar-refractivity contribution in [1.82, 2.24) is 9.97 Å². The number of carbonyl (C=O) groups is 2. The molecule has 7 nitrogen and oxygen atoms in total. The minimum atomic E-state index is -0.995. The Morgan fingerprint density at radius 3 is 1.96 bits per heavy atom. The summed E-state index contributed by atoms with van der Waals surface area (Å²) in [7, 11) is 0. The summed E-state index contributed by atoms with van der Waals surface area (Å²) in [5.41, 5.74) is 1.63. The second-order valence-electron chi connectivity index (χ2n) is 5.76. The molecule has 0 saturated heterocycles. The van der Waals surface area contributed by atoms with Gasteiger partial charge in [0.05, 0.1) is 5.56 Å². The zero-order chi connectivity index (χ0) is 20.1. The van der Waals surface area contributed by atoms with Crippen LogP contribution in [-0.2, 0) is 4.79 Å². The van der Waals surface area contributed by atoms with E-state index in [-0.39, 0.29) is 23.1 Å². The lowest BCUT2D eigenvalue weighted by atomic mass is 10.2. The van der Waals surface area contributed by atoms with Crippen molar-refractivity contribution in [2.75, 3.05) is 16.0 Å². The van der Waals surface area contributed by atoms with Gasteiger partial charge in [-0.3, -0.25) is 9.59 Å². The van der Waals surface area contributed by atoms with Crippen LogP contribution in [0.3, 0.4) is 0 Å². The van der Waals surface area contributed by atoms with Gasteiger partial charge in [-0.15, -0.1) is 0 Å². The number of aromatic nitrogens is 2. The van der Waals surface area contributed by atoms with Crippen molar-refractivity contribution in [1.29, 1.82) is 0 Å². The van der Waals surface area contributed by atoms with Crippen molar-refractivity contribution in [2.24, 2.45) is 0 Å². The summed E-state index contributed by atoms with van der Waals surface area (Å²) in [6, 6.07) is 9.89. The van der Waals surface area contributed by atoms with Gasteiger partial charge in [0, 0.05) is 42.4 Å². The molecule has 3 rings (SSSR count). The number of nitrogens with one attached hydrogen (secondary N) is 3. The van der Waals surface area contributed by atoms with E-state index in [2.05, 4.69) is 25.9 Å². The van der Waals surface area contributed by atoms with Gasteiger partial charge < -0.3 is 16.0 Å². The third-order valence-electron chi connectivity index (χ3n) is 3.55. The Labute approximate surface area is 158 Å². The highest BCUT2D eigenvalue weighted by molar-refractivity contribution is 6.04. The van der Waals surface area contributed by atoms with Crippen molar-refractivity contribution >= 4 is 34.8 Å². The van der Waals surface area contributed by atoms with Gasteiger partial charge in [-0.2, -0.15) is 0 Å². The van der Waals surface area contributed by atoms with Gasteiger partial charge in [0.15, 0.2) is 11.6 Å². The second kappa shape index (κ2) is 8.21. The number of rotatable bonds is 5. The average molecular weight is 383 g/mol. The molecule has 1 aromatic heterocycles. The van der Waals surface area contributed by atoms with Crippen LogP contribution in [0.4, 0.5) is 31.8 Å². The van der Waals surface area contributed by atoms with E-state index < -0.39 is 17.5 Å². The molecule has 2 aromatic carbocycles. The lowest BCUT2D eigenvalue weighted by Crippen LogP contribution is -2.13. The average Bonchev–Trinajstić information content (AvgIpc) is 2.66. The minimum Gasteiger partial charge on any atom is -0.326 e. The molecular weight excluding hydrogens is 368 g/mol. The molecule has 142 valence electrons. The van der Waals surface area contributed by atoms with E-state index >= 15 is 0 Å². The molecule has 3 N–H and O–H groups in total. The van der Waals surface area contributed by atoms with Crippen molar-refractivity contribution in [3.8, 4) is 0 Å². The fourth-order valence-electron chi connectivity index (χ4n) is 2.26. The number of benzene rings is 2. The second-order valence-corrected chi connectivity index (χ2v) is 5.76. The fourth-order valence-corrected chi connectivity index (χ4v) is 2.26. The summed E-state index contributed by atoms with van der Waals surface area (Å²) in [5.74, 6) is -2.44. The van der Waals surface area contributed by atoms with E-state index in [0.29, 0.717) is 11.4 Å². The Morgan fingerprint density at radius 1 is 0.821 bits per heavy atom. The highest BCUT2D eigenvalue weighted by Crippen LogP contribution is 2.17. The van der Waals surface area contributed by atoms with E-state index in [1.807, 2.05) is 0 Å². The largest absolute Gasteiger partial charge is 0.326 e. The normalized spacial score (nSPS) is 10.2. The molecule has 9 heteroatoms. The lowest BCUT2D eigenvalue weighted by Gasteiger charge is -2.08. The molecule has 0 fully saturated rings. The molecule has 3 aromatic rings. The molecule has 0 aliphatic rings. The van der Waals surface area contributed by atoms with Crippen LogP contribution in [0.1, 0.15) is 17.3 Å². The van der Waals surface area contributed by atoms with Gasteiger partial charge >= 0.3 is 0 Å². The van der Waals surface area contributed by atoms with E-state index in [1.165, 1.54) is 25.4 Å². The molecule has 0 saturated carbocycles. The Balaban J connectivity index is 1.63. The van der Waals surface area contributed by atoms with E-state index in [9.17, 15) is 18.4 Å². The smallest absolute Gasteiger partial charge is 0.258 e. The summed E-state index contributed by atoms with van der Waals surface area (Å²) in [5, 5.41) is 8.02. The molecule has 1 heterocycles. The van der Waals surface area contributed by atoms with Crippen LogP contribution in [0.25, 0.3) is 0 Å². The first-order chi connectivity index (χ1) is 13.4. The van der Waals surface area contributed by atoms with E-state index in [1.54, 1.807) is 24.3 Å². The minimum absolute atomic E-state index is 0.127. The number of amides is 2. The number of nitrogens with zero attached hydrogens (tertiary/aromatic N) is 2. The van der Waals surface area contributed by atoms with Crippen molar-refractivity contribution in [3.05, 3.63) is 72.1 Å². The Kier molecular flexibility index (Phi) is 5.54. The monoisotopic (exact) mass is 383 g/mol. The lowest BCUT2D eigenvalue weighted by molar-refractivity contribution is -0.114. The molecule has 0 aliphatic heterocycles. The van der Waals surface area contributed by atoms with Crippen molar-refractivity contribution in [2.45, 2.75) is 6.92 Å². The number of anilines is 4. The molecule has 0 radical (unpaired) electrons. The first-order valence-corrected chi connectivity index (χ1v) is 8.14. The molecule has 28 heavy (non-hydrogen) atoms. The maximum atomic E-state index is 13.2. The molecule has 0 bridgehead atoms. The summed E-state index contributed by atoms with van der Waals surface area (Å²) in [6.45, 7) is 1.40. The fraction of sp³-hybridized carbons (Fsp3) is 0.0526. The third-order valence-corrected chi connectivity index (χ3v) is 3.55. The van der Waals surface area contributed by atoms with Gasteiger partial charge in [-0.25, -0.2) is 18.7 Å². The number of carbonyl (C=O) groups excluding carboxylic acids is 2. The van der Waals surface area contributed by atoms with Crippen LogP contribution < -0.4 is 16.0 Å². The first-order valence-electron chi connectivity index (χ1n) is 8.14. The quantitative estimate of drug-likeness (QED) is 0.624. The Hall–Kier alpha value is -3.88. The highest BCUT2D eigenvalue weighted by Gasteiger charge is 2.09. The van der Waals surface area contributed by atoms with Crippen LogP contribution in [0.2, 0.25) is 0 Å². The number of hydrogen-bond donors (Lipinski definition) is 3. The molecule has 2 amide bonds. The molecule has 0 spiro atoms.